The fraction of sp³-hybridized carbons (Fsp3) is 0. The number of rotatable bonds is 0. The summed E-state index contributed by atoms with van der Waals surface area (Å²) in [6.07, 6.45) is 9.31. The Hall–Kier alpha value is -3.55. The number of pyridine rings is 1. The average molecular weight is 303 g/mol. The lowest BCUT2D eigenvalue weighted by Gasteiger charge is -2.10. The van der Waals surface area contributed by atoms with Crippen molar-refractivity contribution in [3.8, 4) is 24.2 Å². The van der Waals surface area contributed by atoms with Gasteiger partial charge in [-0.05, 0) is 33.7 Å². The predicted molar refractivity (Wildman–Crippen MR) is 99.6 cm³/mol. The van der Waals surface area contributed by atoms with Gasteiger partial charge < -0.3 is 0 Å². The molecule has 0 saturated heterocycles. The first-order valence-corrected chi connectivity index (χ1v) is 7.70. The lowest BCUT2D eigenvalue weighted by molar-refractivity contribution is 1.32. The quantitative estimate of drug-likeness (QED) is 0.337. The van der Waals surface area contributed by atoms with Crippen LogP contribution in [-0.4, -0.2) is 4.98 Å². The highest BCUT2D eigenvalue weighted by atomic mass is 14.6. The molecule has 1 heterocycles. The van der Waals surface area contributed by atoms with Gasteiger partial charge in [-0.2, -0.15) is 0 Å². The maximum Gasteiger partial charge on any atom is 0.0406 e. The lowest BCUT2D eigenvalue weighted by Crippen LogP contribution is -1.90. The summed E-state index contributed by atoms with van der Waals surface area (Å²) in [5, 5.41) is 4.31. The first-order valence-electron chi connectivity index (χ1n) is 7.70. The van der Waals surface area contributed by atoms with E-state index in [9.17, 15) is 0 Å². The fourth-order valence-electron chi connectivity index (χ4n) is 2.99. The zero-order valence-electron chi connectivity index (χ0n) is 13.0. The molecule has 0 fully saturated rings. The summed E-state index contributed by atoms with van der Waals surface area (Å²) in [5.41, 5.74) is 2.88. The average Bonchev–Trinajstić information content (AvgIpc) is 2.66. The molecule has 0 aliphatic rings. The Morgan fingerprint density at radius 3 is 1.62 bits per heavy atom. The third-order valence-corrected chi connectivity index (χ3v) is 4.09. The van der Waals surface area contributed by atoms with Crippen LogP contribution in [0.3, 0.4) is 0 Å². The zero-order valence-corrected chi connectivity index (χ0v) is 13.0. The Bertz CT molecular complexity index is 1100. The Kier molecular flexibility index (Phi) is 3.47. The van der Waals surface area contributed by atoms with Gasteiger partial charge in [0, 0.05) is 29.1 Å². The highest BCUT2D eigenvalue weighted by Crippen LogP contribution is 2.31. The molecule has 0 atom stereocenters. The van der Waals surface area contributed by atoms with Crippen LogP contribution in [-0.2, 0) is 0 Å². The molecule has 24 heavy (non-hydrogen) atoms. The van der Waals surface area contributed by atoms with Gasteiger partial charge in [-0.3, -0.25) is 4.98 Å². The molecular formula is C23H13N. The molecule has 4 aromatic rings. The van der Waals surface area contributed by atoms with Crippen molar-refractivity contribution in [2.75, 3.05) is 0 Å². The first kappa shape index (κ1) is 14.1. The van der Waals surface area contributed by atoms with E-state index in [2.05, 4.69) is 47.0 Å². The van der Waals surface area contributed by atoms with Crippen molar-refractivity contribution in [2.24, 2.45) is 0 Å². The van der Waals surface area contributed by atoms with Gasteiger partial charge in [0.25, 0.3) is 0 Å². The zero-order chi connectivity index (χ0) is 16.4. The Morgan fingerprint density at radius 2 is 1.12 bits per heavy atom. The number of hydrogen-bond donors (Lipinski definition) is 0. The van der Waals surface area contributed by atoms with E-state index >= 15 is 0 Å². The third kappa shape index (κ3) is 2.30. The van der Waals surface area contributed by atoms with E-state index in [0.29, 0.717) is 0 Å². The maximum absolute atomic E-state index is 5.80. The van der Waals surface area contributed by atoms with Gasteiger partial charge in [0.2, 0.25) is 0 Å². The van der Waals surface area contributed by atoms with Crippen LogP contribution in [0.1, 0.15) is 16.7 Å². The van der Waals surface area contributed by atoms with Crippen LogP contribution in [0.5, 0.6) is 0 Å². The number of aromatic nitrogens is 1. The highest BCUT2D eigenvalue weighted by molar-refractivity contribution is 6.09. The van der Waals surface area contributed by atoms with Crippen molar-refractivity contribution in [2.45, 2.75) is 0 Å². The summed E-state index contributed by atoms with van der Waals surface area (Å²) in [6, 6.07) is 20.2. The monoisotopic (exact) mass is 303 g/mol. The summed E-state index contributed by atoms with van der Waals surface area (Å²) in [6.45, 7) is 0. The van der Waals surface area contributed by atoms with E-state index in [4.69, 9.17) is 6.42 Å². The topological polar surface area (TPSA) is 12.9 Å². The van der Waals surface area contributed by atoms with Gasteiger partial charge in [-0.1, -0.05) is 66.3 Å². The molecule has 0 amide bonds. The van der Waals surface area contributed by atoms with Gasteiger partial charge >= 0.3 is 0 Å². The summed E-state index contributed by atoms with van der Waals surface area (Å²) in [4.78, 5) is 4.03. The highest BCUT2D eigenvalue weighted by Gasteiger charge is 2.10. The molecule has 1 heteroatoms. The normalized spacial score (nSPS) is 10.1. The molecule has 0 spiro atoms. The first-order chi connectivity index (χ1) is 11.9. The number of terminal acetylenes is 1. The van der Waals surface area contributed by atoms with Gasteiger partial charge in [0.1, 0.15) is 0 Å². The molecule has 1 aromatic heterocycles. The van der Waals surface area contributed by atoms with Crippen LogP contribution in [0.4, 0.5) is 0 Å². The molecule has 0 saturated carbocycles. The van der Waals surface area contributed by atoms with Crippen molar-refractivity contribution < 1.29 is 0 Å². The minimum Gasteiger partial charge on any atom is -0.265 e. The van der Waals surface area contributed by atoms with Gasteiger partial charge in [-0.25, -0.2) is 0 Å². The summed E-state index contributed by atoms with van der Waals surface area (Å²) in [7, 11) is 0. The molecular weight excluding hydrogens is 290 g/mol. The summed E-state index contributed by atoms with van der Waals surface area (Å²) < 4.78 is 0. The number of fused-ring (bicyclic) bond motifs is 2. The molecule has 0 radical (unpaired) electrons. The van der Waals surface area contributed by atoms with Gasteiger partial charge in [0.05, 0.1) is 0 Å². The molecule has 0 aliphatic carbocycles. The lowest BCUT2D eigenvalue weighted by atomic mass is 9.92. The maximum atomic E-state index is 5.80. The predicted octanol–water partition coefficient (Wildman–Crippen LogP) is 4.77. The molecule has 1 nitrogen and oxygen atoms in total. The third-order valence-electron chi connectivity index (χ3n) is 4.09. The van der Waals surface area contributed by atoms with E-state index in [1.165, 1.54) is 0 Å². The van der Waals surface area contributed by atoms with E-state index in [-0.39, 0.29) is 0 Å². The van der Waals surface area contributed by atoms with E-state index in [1.54, 1.807) is 12.4 Å². The number of benzene rings is 3. The Labute approximate surface area is 141 Å². The van der Waals surface area contributed by atoms with Crippen LogP contribution in [0, 0.1) is 24.2 Å². The number of nitrogens with zero attached hydrogens (tertiary/aromatic N) is 1. The van der Waals surface area contributed by atoms with Crippen LogP contribution >= 0.6 is 0 Å². The number of hydrogen-bond acceptors (Lipinski definition) is 1. The van der Waals surface area contributed by atoms with Gasteiger partial charge in [0.15, 0.2) is 0 Å². The fourth-order valence-corrected chi connectivity index (χ4v) is 2.99. The van der Waals surface area contributed by atoms with Crippen LogP contribution in [0.25, 0.3) is 21.5 Å². The minimum absolute atomic E-state index is 0.927. The van der Waals surface area contributed by atoms with Crippen molar-refractivity contribution >= 4 is 21.5 Å². The van der Waals surface area contributed by atoms with Gasteiger partial charge in [-0.15, -0.1) is 6.42 Å². The van der Waals surface area contributed by atoms with Crippen molar-refractivity contribution in [1.29, 1.82) is 0 Å². The van der Waals surface area contributed by atoms with E-state index in [1.807, 2.05) is 36.4 Å². The van der Waals surface area contributed by atoms with Crippen LogP contribution in [0.15, 0.2) is 73.1 Å². The molecule has 3 aromatic carbocycles. The SMILES string of the molecule is C#Cc1c2ccccc2c(C#Cc2ccncc2)c2ccccc12. The largest absolute Gasteiger partial charge is 0.265 e. The smallest absolute Gasteiger partial charge is 0.0406 e. The molecule has 4 rings (SSSR count). The summed E-state index contributed by atoms with van der Waals surface area (Å²) >= 11 is 0. The second-order valence-electron chi connectivity index (χ2n) is 5.47. The van der Waals surface area contributed by atoms with Crippen molar-refractivity contribution in [3.63, 3.8) is 0 Å². The molecule has 110 valence electrons. The standard InChI is InChI=1S/C23H13N/c1-2-18-19-7-3-5-9-21(19)23(22-10-6-4-8-20(18)22)12-11-17-13-15-24-16-14-17/h1,3-10,13-16H. The van der Waals surface area contributed by atoms with Crippen LogP contribution < -0.4 is 0 Å². The van der Waals surface area contributed by atoms with E-state index < -0.39 is 0 Å². The van der Waals surface area contributed by atoms with Crippen LogP contribution in [0.2, 0.25) is 0 Å². The van der Waals surface area contributed by atoms with E-state index in [0.717, 1.165) is 38.2 Å². The summed E-state index contributed by atoms with van der Waals surface area (Å²) in [5.74, 6) is 9.45. The Balaban J connectivity index is 2.11. The van der Waals surface area contributed by atoms with Crippen molar-refractivity contribution in [1.82, 2.24) is 4.98 Å². The second-order valence-corrected chi connectivity index (χ2v) is 5.47. The minimum atomic E-state index is 0.927. The molecule has 0 unspecified atom stereocenters. The molecule has 0 N–H and O–H groups in total. The molecule has 0 bridgehead atoms. The second kappa shape index (κ2) is 5.92. The molecule has 0 aliphatic heterocycles. The Morgan fingerprint density at radius 1 is 0.625 bits per heavy atom. The van der Waals surface area contributed by atoms with Crippen molar-refractivity contribution in [3.05, 3.63) is 89.7 Å².